The van der Waals surface area contributed by atoms with Crippen LogP contribution in [0.1, 0.15) is 1.43 Å². The Balaban J connectivity index is 0.000000405. The number of hydrogen-bond acceptors (Lipinski definition) is 1. The van der Waals surface area contributed by atoms with Crippen molar-refractivity contribution in [3.8, 4) is 0 Å². The molecule has 0 aromatic carbocycles. The number of rotatable bonds is 0. The summed E-state index contributed by atoms with van der Waals surface area (Å²) in [5, 5.41) is 3.95. The Bertz CT molecular complexity index is 203. The zero-order valence-corrected chi connectivity index (χ0v) is 4.33. The zero-order chi connectivity index (χ0) is 5.40. The van der Waals surface area contributed by atoms with Gasteiger partial charge in [0.2, 0.25) is 0 Å². The van der Waals surface area contributed by atoms with E-state index in [0.29, 0.717) is 0 Å². The highest BCUT2D eigenvalue weighted by atomic mass is 14.9. The summed E-state index contributed by atoms with van der Waals surface area (Å²) in [4.78, 5) is 4.05. The molecule has 0 saturated heterocycles. The minimum absolute atomic E-state index is 0. The van der Waals surface area contributed by atoms with Crippen molar-refractivity contribution in [3.05, 3.63) is 23.5 Å². The second-order valence-corrected chi connectivity index (χ2v) is 1.86. The topological polar surface area (TPSA) is 26.5 Å². The van der Waals surface area contributed by atoms with Crippen LogP contribution in [0.25, 0.3) is 0 Å². The standard InChI is InChI=1S/C6H5N2/c1-5-2-8-4-6(5)3-7-1/h1-3H,4H2/p+1. The molecule has 1 radical (unpaired) electrons. The third-order valence-corrected chi connectivity index (χ3v) is 1.31. The van der Waals surface area contributed by atoms with Gasteiger partial charge in [-0.2, -0.15) is 0 Å². The van der Waals surface area contributed by atoms with Crippen LogP contribution in [0, 0.1) is 0 Å². The van der Waals surface area contributed by atoms with Crippen molar-refractivity contribution in [3.63, 3.8) is 0 Å². The van der Waals surface area contributed by atoms with Crippen molar-refractivity contribution in [1.82, 2.24) is 5.32 Å². The van der Waals surface area contributed by atoms with Gasteiger partial charge in [0, 0.05) is 29.8 Å². The molecule has 0 N–H and O–H groups in total. The van der Waals surface area contributed by atoms with Crippen LogP contribution >= 0.6 is 0 Å². The molecule has 0 atom stereocenters. The SMILES string of the molecule is C1=NCC2=C[N]C=C12.[H+]. The Kier molecular flexibility index (Phi) is 0.592. The summed E-state index contributed by atoms with van der Waals surface area (Å²) in [5.41, 5.74) is 2.44. The molecule has 0 bridgehead atoms. The third kappa shape index (κ3) is 0.346. The Morgan fingerprint density at radius 2 is 2.50 bits per heavy atom. The molecular weight excluding hydrogens is 100 g/mol. The minimum Gasteiger partial charge on any atom is -0.288 e. The van der Waals surface area contributed by atoms with E-state index in [4.69, 9.17) is 0 Å². The molecule has 0 aromatic rings. The van der Waals surface area contributed by atoms with Gasteiger partial charge in [0.15, 0.2) is 0 Å². The quantitative estimate of drug-likeness (QED) is 0.431. The highest BCUT2D eigenvalue weighted by Gasteiger charge is 2.11. The molecule has 0 fully saturated rings. The van der Waals surface area contributed by atoms with Gasteiger partial charge in [-0.3, -0.25) is 10.3 Å². The van der Waals surface area contributed by atoms with Crippen LogP contribution in [0.3, 0.4) is 0 Å². The summed E-state index contributed by atoms with van der Waals surface area (Å²) < 4.78 is 0. The summed E-state index contributed by atoms with van der Waals surface area (Å²) in [6.45, 7) is 0.829. The third-order valence-electron chi connectivity index (χ3n) is 1.31. The lowest BCUT2D eigenvalue weighted by atomic mass is 10.2. The van der Waals surface area contributed by atoms with Crippen LogP contribution in [0.15, 0.2) is 28.5 Å². The van der Waals surface area contributed by atoms with E-state index in [-0.39, 0.29) is 1.43 Å². The van der Waals surface area contributed by atoms with Gasteiger partial charge in [0.25, 0.3) is 0 Å². The highest BCUT2D eigenvalue weighted by Crippen LogP contribution is 2.16. The van der Waals surface area contributed by atoms with Crippen LogP contribution in [0.2, 0.25) is 0 Å². The van der Waals surface area contributed by atoms with E-state index in [2.05, 4.69) is 10.3 Å². The van der Waals surface area contributed by atoms with E-state index in [9.17, 15) is 0 Å². The van der Waals surface area contributed by atoms with E-state index in [1.165, 1.54) is 11.1 Å². The Morgan fingerprint density at radius 1 is 1.50 bits per heavy atom. The number of aliphatic imine (C=N–C) groups is 1. The molecule has 2 aliphatic rings. The summed E-state index contributed by atoms with van der Waals surface area (Å²) in [5.74, 6) is 0. The first-order valence-corrected chi connectivity index (χ1v) is 2.56. The van der Waals surface area contributed by atoms with E-state index in [0.717, 1.165) is 6.54 Å². The van der Waals surface area contributed by atoms with Gasteiger partial charge in [-0.25, -0.2) is 0 Å². The largest absolute Gasteiger partial charge is 1.00 e. The molecule has 0 amide bonds. The maximum Gasteiger partial charge on any atom is 1.00 e. The number of fused-ring (bicyclic) bond motifs is 1. The second-order valence-electron chi connectivity index (χ2n) is 1.86. The fourth-order valence-corrected chi connectivity index (χ4v) is 0.856. The van der Waals surface area contributed by atoms with Crippen molar-refractivity contribution >= 4 is 6.21 Å². The maximum absolute atomic E-state index is 4.05. The molecule has 39 valence electrons. The monoisotopic (exact) mass is 106 g/mol. The fourth-order valence-electron chi connectivity index (χ4n) is 0.856. The maximum atomic E-state index is 4.05. The van der Waals surface area contributed by atoms with Gasteiger partial charge >= 0.3 is 1.43 Å². The van der Waals surface area contributed by atoms with E-state index in [1.54, 1.807) is 0 Å². The molecule has 2 aliphatic heterocycles. The molecule has 2 heterocycles. The fraction of sp³-hybridized carbons (Fsp3) is 0.167. The molecular formula is C6H6N2+. The second kappa shape index (κ2) is 1.22. The molecule has 0 spiro atoms. The average Bonchev–Trinajstić information content (AvgIpc) is 2.15. The average molecular weight is 106 g/mol. The zero-order valence-electron chi connectivity index (χ0n) is 5.33. The van der Waals surface area contributed by atoms with Gasteiger partial charge in [-0.15, -0.1) is 0 Å². The molecule has 8 heavy (non-hydrogen) atoms. The van der Waals surface area contributed by atoms with Crippen molar-refractivity contribution in [1.29, 1.82) is 0 Å². The summed E-state index contributed by atoms with van der Waals surface area (Å²) in [6.07, 6.45) is 5.57. The molecule has 2 rings (SSSR count). The van der Waals surface area contributed by atoms with Gasteiger partial charge in [-0.05, 0) is 0 Å². The highest BCUT2D eigenvalue weighted by molar-refractivity contribution is 5.88. The van der Waals surface area contributed by atoms with Crippen molar-refractivity contribution < 1.29 is 1.43 Å². The molecule has 0 aromatic heterocycles. The summed E-state index contributed by atoms with van der Waals surface area (Å²) >= 11 is 0. The van der Waals surface area contributed by atoms with E-state index >= 15 is 0 Å². The Morgan fingerprint density at radius 3 is 3.38 bits per heavy atom. The number of hydrogen-bond donors (Lipinski definition) is 0. The van der Waals surface area contributed by atoms with Gasteiger partial charge in [0.05, 0.1) is 6.54 Å². The Labute approximate surface area is 49.1 Å². The molecule has 0 saturated carbocycles. The van der Waals surface area contributed by atoms with Crippen molar-refractivity contribution in [2.24, 2.45) is 4.99 Å². The van der Waals surface area contributed by atoms with Gasteiger partial charge < -0.3 is 0 Å². The predicted octanol–water partition coefficient (Wildman–Crippen LogP) is 0.569. The molecule has 2 nitrogen and oxygen atoms in total. The Hall–Kier alpha value is -1.05. The lowest BCUT2D eigenvalue weighted by molar-refractivity contribution is 1.16. The van der Waals surface area contributed by atoms with Crippen LogP contribution < -0.4 is 5.32 Å². The van der Waals surface area contributed by atoms with Gasteiger partial charge in [-0.1, -0.05) is 0 Å². The summed E-state index contributed by atoms with van der Waals surface area (Å²) in [6, 6.07) is 0. The first-order chi connectivity index (χ1) is 3.97. The number of nitrogens with zero attached hydrogens (tertiary/aromatic N) is 2. The van der Waals surface area contributed by atoms with Crippen LogP contribution in [-0.2, 0) is 0 Å². The van der Waals surface area contributed by atoms with E-state index in [1.807, 2.05) is 18.6 Å². The summed E-state index contributed by atoms with van der Waals surface area (Å²) in [7, 11) is 0. The van der Waals surface area contributed by atoms with Crippen LogP contribution in [0.4, 0.5) is 0 Å². The molecule has 2 heteroatoms. The van der Waals surface area contributed by atoms with Gasteiger partial charge in [0.1, 0.15) is 0 Å². The normalized spacial score (nSPS) is 22.0. The van der Waals surface area contributed by atoms with E-state index < -0.39 is 0 Å². The molecule has 0 unspecified atom stereocenters. The first kappa shape index (κ1) is 3.89. The van der Waals surface area contributed by atoms with Crippen molar-refractivity contribution in [2.45, 2.75) is 0 Å². The lowest BCUT2D eigenvalue weighted by Crippen LogP contribution is -1.78. The smallest absolute Gasteiger partial charge is 0.288 e. The predicted molar refractivity (Wildman–Crippen MR) is 32.8 cm³/mol. The minimum atomic E-state index is 0. The van der Waals surface area contributed by atoms with Crippen LogP contribution in [-0.4, -0.2) is 12.8 Å². The first-order valence-electron chi connectivity index (χ1n) is 2.56. The van der Waals surface area contributed by atoms with Crippen molar-refractivity contribution in [2.75, 3.05) is 6.54 Å². The molecule has 0 aliphatic carbocycles. The lowest BCUT2D eigenvalue weighted by Gasteiger charge is -1.82. The van der Waals surface area contributed by atoms with Crippen LogP contribution in [0.5, 0.6) is 0 Å².